The Morgan fingerprint density at radius 1 is 0.905 bits per heavy atom. The first-order valence-electron chi connectivity index (χ1n) is 7.29. The molecule has 1 aromatic heterocycles. The SMILES string of the molecule is CCn1ccc(Cc2ccccc2)c1-c1ccc(O)cc1. The first kappa shape index (κ1) is 13.5. The van der Waals surface area contributed by atoms with E-state index in [0.717, 1.165) is 18.5 Å². The molecule has 2 aromatic carbocycles. The molecule has 1 N–H and O–H groups in total. The van der Waals surface area contributed by atoms with Crippen molar-refractivity contribution in [3.8, 4) is 17.0 Å². The third-order valence-electron chi connectivity index (χ3n) is 3.77. The van der Waals surface area contributed by atoms with Gasteiger partial charge in [0.25, 0.3) is 0 Å². The second-order valence-corrected chi connectivity index (χ2v) is 5.18. The minimum absolute atomic E-state index is 0.304. The Kier molecular flexibility index (Phi) is 3.78. The molecular weight excluding hydrogens is 258 g/mol. The molecule has 0 spiro atoms. The molecule has 0 aliphatic carbocycles. The first-order valence-corrected chi connectivity index (χ1v) is 7.29. The quantitative estimate of drug-likeness (QED) is 0.747. The Balaban J connectivity index is 2.02. The number of hydrogen-bond acceptors (Lipinski definition) is 1. The number of phenolic OH excluding ortho intramolecular Hbond substituents is 1. The highest BCUT2D eigenvalue weighted by Crippen LogP contribution is 2.28. The van der Waals surface area contributed by atoms with Gasteiger partial charge >= 0.3 is 0 Å². The van der Waals surface area contributed by atoms with Gasteiger partial charge in [0.2, 0.25) is 0 Å². The van der Waals surface area contributed by atoms with Crippen LogP contribution in [-0.2, 0) is 13.0 Å². The van der Waals surface area contributed by atoms with Crippen molar-refractivity contribution in [2.24, 2.45) is 0 Å². The van der Waals surface area contributed by atoms with Gasteiger partial charge in [-0.25, -0.2) is 0 Å². The lowest BCUT2D eigenvalue weighted by Gasteiger charge is -2.11. The summed E-state index contributed by atoms with van der Waals surface area (Å²) in [5.41, 5.74) is 5.01. The van der Waals surface area contributed by atoms with E-state index in [-0.39, 0.29) is 0 Å². The number of aryl methyl sites for hydroxylation is 1. The highest BCUT2D eigenvalue weighted by molar-refractivity contribution is 5.65. The molecule has 0 radical (unpaired) electrons. The monoisotopic (exact) mass is 277 g/mol. The third-order valence-corrected chi connectivity index (χ3v) is 3.77. The molecule has 106 valence electrons. The molecule has 0 aliphatic heterocycles. The van der Waals surface area contributed by atoms with Crippen molar-refractivity contribution in [2.75, 3.05) is 0 Å². The van der Waals surface area contributed by atoms with E-state index in [0.29, 0.717) is 5.75 Å². The van der Waals surface area contributed by atoms with Crippen LogP contribution in [-0.4, -0.2) is 9.67 Å². The fourth-order valence-corrected chi connectivity index (χ4v) is 2.71. The first-order chi connectivity index (χ1) is 10.3. The maximum Gasteiger partial charge on any atom is 0.115 e. The summed E-state index contributed by atoms with van der Waals surface area (Å²) in [7, 11) is 0. The van der Waals surface area contributed by atoms with Crippen LogP contribution in [0.15, 0.2) is 66.9 Å². The molecule has 0 saturated heterocycles. The van der Waals surface area contributed by atoms with Crippen LogP contribution in [0.3, 0.4) is 0 Å². The molecular formula is C19H19NO. The molecule has 0 aliphatic rings. The molecule has 0 unspecified atom stereocenters. The third kappa shape index (κ3) is 2.84. The average molecular weight is 277 g/mol. The lowest BCUT2D eigenvalue weighted by atomic mass is 10.0. The van der Waals surface area contributed by atoms with Gasteiger partial charge in [0.05, 0.1) is 5.69 Å². The van der Waals surface area contributed by atoms with Gasteiger partial charge < -0.3 is 9.67 Å². The molecule has 2 heteroatoms. The number of aromatic hydroxyl groups is 1. The zero-order chi connectivity index (χ0) is 14.7. The van der Waals surface area contributed by atoms with Crippen LogP contribution in [0.5, 0.6) is 5.75 Å². The van der Waals surface area contributed by atoms with Gasteiger partial charge in [-0.05, 0) is 60.4 Å². The van der Waals surface area contributed by atoms with E-state index in [1.165, 1.54) is 16.8 Å². The molecule has 2 nitrogen and oxygen atoms in total. The van der Waals surface area contributed by atoms with Crippen molar-refractivity contribution in [3.63, 3.8) is 0 Å². The van der Waals surface area contributed by atoms with Gasteiger partial charge in [0, 0.05) is 12.7 Å². The Labute approximate surface area is 125 Å². The smallest absolute Gasteiger partial charge is 0.115 e. The summed E-state index contributed by atoms with van der Waals surface area (Å²) in [6.07, 6.45) is 3.06. The lowest BCUT2D eigenvalue weighted by Crippen LogP contribution is -1.98. The molecule has 0 bridgehead atoms. The summed E-state index contributed by atoms with van der Waals surface area (Å²) in [4.78, 5) is 0. The maximum absolute atomic E-state index is 9.48. The van der Waals surface area contributed by atoms with Crippen LogP contribution in [0, 0.1) is 0 Å². The van der Waals surface area contributed by atoms with Gasteiger partial charge in [0.1, 0.15) is 5.75 Å². The van der Waals surface area contributed by atoms with Gasteiger partial charge in [-0.2, -0.15) is 0 Å². The van der Waals surface area contributed by atoms with E-state index in [4.69, 9.17) is 0 Å². The molecule has 0 saturated carbocycles. The summed E-state index contributed by atoms with van der Waals surface area (Å²) in [6, 6.07) is 20.1. The predicted octanol–water partition coefficient (Wildman–Crippen LogP) is 4.47. The maximum atomic E-state index is 9.48. The molecule has 21 heavy (non-hydrogen) atoms. The van der Waals surface area contributed by atoms with E-state index in [1.54, 1.807) is 12.1 Å². The zero-order valence-corrected chi connectivity index (χ0v) is 12.2. The van der Waals surface area contributed by atoms with E-state index >= 15 is 0 Å². The van der Waals surface area contributed by atoms with Crippen LogP contribution in [0.25, 0.3) is 11.3 Å². The average Bonchev–Trinajstić information content (AvgIpc) is 2.92. The molecule has 1 heterocycles. The standard InChI is InChI=1S/C19H19NO/c1-2-20-13-12-17(14-15-6-4-3-5-7-15)19(20)16-8-10-18(21)11-9-16/h3-13,21H,2,14H2,1H3. The van der Waals surface area contributed by atoms with Gasteiger partial charge in [-0.3, -0.25) is 0 Å². The van der Waals surface area contributed by atoms with E-state index < -0.39 is 0 Å². The van der Waals surface area contributed by atoms with Crippen molar-refractivity contribution in [2.45, 2.75) is 19.9 Å². The number of rotatable bonds is 4. The van der Waals surface area contributed by atoms with Crippen molar-refractivity contribution in [3.05, 3.63) is 78.0 Å². The van der Waals surface area contributed by atoms with Crippen molar-refractivity contribution in [1.29, 1.82) is 0 Å². The van der Waals surface area contributed by atoms with Crippen molar-refractivity contribution >= 4 is 0 Å². The van der Waals surface area contributed by atoms with E-state index in [1.807, 2.05) is 18.2 Å². The lowest BCUT2D eigenvalue weighted by molar-refractivity contribution is 0.475. The Hall–Kier alpha value is -2.48. The molecule has 0 fully saturated rings. The van der Waals surface area contributed by atoms with Crippen molar-refractivity contribution < 1.29 is 5.11 Å². The molecule has 3 aromatic rings. The van der Waals surface area contributed by atoms with Crippen LogP contribution >= 0.6 is 0 Å². The number of aromatic nitrogens is 1. The Bertz CT molecular complexity index is 711. The highest BCUT2D eigenvalue weighted by Gasteiger charge is 2.11. The fraction of sp³-hybridized carbons (Fsp3) is 0.158. The zero-order valence-electron chi connectivity index (χ0n) is 12.2. The fourth-order valence-electron chi connectivity index (χ4n) is 2.71. The van der Waals surface area contributed by atoms with Crippen LogP contribution in [0.1, 0.15) is 18.1 Å². The van der Waals surface area contributed by atoms with E-state index in [2.05, 4.69) is 48.0 Å². The molecule has 3 rings (SSSR count). The number of hydrogen-bond donors (Lipinski definition) is 1. The number of nitrogens with zero attached hydrogens (tertiary/aromatic N) is 1. The van der Waals surface area contributed by atoms with Crippen LogP contribution in [0.4, 0.5) is 0 Å². The van der Waals surface area contributed by atoms with Gasteiger partial charge in [-0.15, -0.1) is 0 Å². The van der Waals surface area contributed by atoms with E-state index in [9.17, 15) is 5.11 Å². The molecule has 0 amide bonds. The van der Waals surface area contributed by atoms with Gasteiger partial charge in [-0.1, -0.05) is 30.3 Å². The van der Waals surface area contributed by atoms with Crippen LogP contribution < -0.4 is 0 Å². The molecule has 0 atom stereocenters. The second-order valence-electron chi connectivity index (χ2n) is 5.18. The van der Waals surface area contributed by atoms with Gasteiger partial charge in [0.15, 0.2) is 0 Å². The highest BCUT2D eigenvalue weighted by atomic mass is 16.3. The van der Waals surface area contributed by atoms with Crippen molar-refractivity contribution in [1.82, 2.24) is 4.57 Å². The summed E-state index contributed by atoms with van der Waals surface area (Å²) in [5, 5.41) is 9.48. The second kappa shape index (κ2) is 5.88. The summed E-state index contributed by atoms with van der Waals surface area (Å²) >= 11 is 0. The number of phenols is 1. The summed E-state index contributed by atoms with van der Waals surface area (Å²) in [6.45, 7) is 3.08. The normalized spacial score (nSPS) is 10.7. The number of benzene rings is 2. The Morgan fingerprint density at radius 3 is 2.29 bits per heavy atom. The topological polar surface area (TPSA) is 25.2 Å². The minimum atomic E-state index is 0.304. The predicted molar refractivity (Wildman–Crippen MR) is 86.5 cm³/mol. The summed E-state index contributed by atoms with van der Waals surface area (Å²) < 4.78 is 2.25. The summed E-state index contributed by atoms with van der Waals surface area (Å²) in [5.74, 6) is 0.304. The van der Waals surface area contributed by atoms with Crippen LogP contribution in [0.2, 0.25) is 0 Å². The largest absolute Gasteiger partial charge is 0.508 e. The minimum Gasteiger partial charge on any atom is -0.508 e. The Morgan fingerprint density at radius 2 is 1.62 bits per heavy atom.